The third-order valence-corrected chi connectivity index (χ3v) is 2.42. The van der Waals surface area contributed by atoms with Crippen LogP contribution in [0.4, 0.5) is 0 Å². The van der Waals surface area contributed by atoms with E-state index in [1.165, 1.54) is 0 Å². The number of carboxylic acids is 1. The number of carbonyl (C=O) groups is 1. The summed E-state index contributed by atoms with van der Waals surface area (Å²) in [5.41, 5.74) is 0.305. The van der Waals surface area contributed by atoms with Gasteiger partial charge in [0.1, 0.15) is 6.04 Å². The van der Waals surface area contributed by atoms with E-state index in [1.54, 1.807) is 0 Å². The first-order chi connectivity index (χ1) is 5.88. The average Bonchev–Trinajstić information content (AvgIpc) is 2.31. The van der Waals surface area contributed by atoms with E-state index in [1.807, 2.05) is 0 Å². The lowest BCUT2D eigenvalue weighted by molar-refractivity contribution is -0.139. The number of aliphatic carboxylic acids is 1. The van der Waals surface area contributed by atoms with Crippen molar-refractivity contribution in [2.45, 2.75) is 39.7 Å². The molecule has 1 aliphatic heterocycles. The molecule has 13 heavy (non-hydrogen) atoms. The molecule has 1 fully saturated rings. The Bertz CT molecular complexity index is 196. The van der Waals surface area contributed by atoms with Crippen LogP contribution in [0, 0.1) is 11.3 Å². The number of rotatable bonds is 2. The Morgan fingerprint density at radius 2 is 2.15 bits per heavy atom. The zero-order chi connectivity index (χ0) is 10.1. The van der Waals surface area contributed by atoms with Gasteiger partial charge in [0.05, 0.1) is 0 Å². The first-order valence-corrected chi connectivity index (χ1v) is 4.85. The molecule has 1 rings (SSSR count). The van der Waals surface area contributed by atoms with E-state index in [9.17, 15) is 4.79 Å². The van der Waals surface area contributed by atoms with Crippen molar-refractivity contribution in [2.24, 2.45) is 11.3 Å². The standard InChI is InChI=1S/C10H19NO2/c1-10(2,3)5-7-4-8(9(12)13)11-6-7/h7-8,11H,4-6H2,1-3H3,(H,12,13). The highest BCUT2D eigenvalue weighted by molar-refractivity contribution is 5.73. The second-order valence-electron chi connectivity index (χ2n) is 5.17. The molecule has 1 aliphatic rings. The van der Waals surface area contributed by atoms with Crippen LogP contribution in [-0.2, 0) is 4.79 Å². The van der Waals surface area contributed by atoms with Gasteiger partial charge >= 0.3 is 5.97 Å². The van der Waals surface area contributed by atoms with Crippen molar-refractivity contribution in [3.63, 3.8) is 0 Å². The molecule has 3 heteroatoms. The van der Waals surface area contributed by atoms with E-state index in [4.69, 9.17) is 5.11 Å². The van der Waals surface area contributed by atoms with Crippen LogP contribution in [0.25, 0.3) is 0 Å². The first-order valence-electron chi connectivity index (χ1n) is 4.85. The van der Waals surface area contributed by atoms with Crippen LogP contribution in [-0.4, -0.2) is 23.7 Å². The Morgan fingerprint density at radius 1 is 1.54 bits per heavy atom. The van der Waals surface area contributed by atoms with Gasteiger partial charge in [0.25, 0.3) is 0 Å². The molecule has 0 spiro atoms. The van der Waals surface area contributed by atoms with Crippen molar-refractivity contribution >= 4 is 5.97 Å². The van der Waals surface area contributed by atoms with Crippen molar-refractivity contribution in [3.05, 3.63) is 0 Å². The number of nitrogens with one attached hydrogen (secondary N) is 1. The molecule has 1 saturated heterocycles. The Balaban J connectivity index is 2.38. The number of carboxylic acid groups (broad SMARTS) is 1. The monoisotopic (exact) mass is 185 g/mol. The zero-order valence-electron chi connectivity index (χ0n) is 8.63. The van der Waals surface area contributed by atoms with Crippen LogP contribution < -0.4 is 5.32 Å². The zero-order valence-corrected chi connectivity index (χ0v) is 8.63. The molecule has 76 valence electrons. The van der Waals surface area contributed by atoms with Gasteiger partial charge in [0, 0.05) is 0 Å². The van der Waals surface area contributed by atoms with Gasteiger partial charge in [-0.2, -0.15) is 0 Å². The van der Waals surface area contributed by atoms with Gasteiger partial charge in [-0.05, 0) is 30.7 Å². The molecule has 0 aromatic carbocycles. The van der Waals surface area contributed by atoms with Crippen molar-refractivity contribution in [1.29, 1.82) is 0 Å². The minimum Gasteiger partial charge on any atom is -0.480 e. The van der Waals surface area contributed by atoms with Gasteiger partial charge in [-0.15, -0.1) is 0 Å². The molecule has 0 amide bonds. The first kappa shape index (κ1) is 10.5. The summed E-state index contributed by atoms with van der Waals surface area (Å²) in [6, 6.07) is -0.313. The van der Waals surface area contributed by atoms with Crippen LogP contribution in [0.1, 0.15) is 33.6 Å². The molecule has 2 unspecified atom stereocenters. The topological polar surface area (TPSA) is 49.3 Å². The largest absolute Gasteiger partial charge is 0.480 e. The lowest BCUT2D eigenvalue weighted by Gasteiger charge is -2.22. The SMILES string of the molecule is CC(C)(C)CC1CNC(C(=O)O)C1. The Morgan fingerprint density at radius 3 is 2.54 bits per heavy atom. The molecule has 0 aromatic heterocycles. The Labute approximate surface area is 79.5 Å². The normalized spacial score (nSPS) is 29.2. The van der Waals surface area contributed by atoms with Crippen molar-refractivity contribution in [3.8, 4) is 0 Å². The molecule has 0 aliphatic carbocycles. The summed E-state index contributed by atoms with van der Waals surface area (Å²) in [5, 5.41) is 11.8. The molecule has 2 N–H and O–H groups in total. The van der Waals surface area contributed by atoms with Crippen LogP contribution in [0.2, 0.25) is 0 Å². The quantitative estimate of drug-likeness (QED) is 0.685. The van der Waals surface area contributed by atoms with Crippen LogP contribution in [0.15, 0.2) is 0 Å². The summed E-state index contributed by atoms with van der Waals surface area (Å²) >= 11 is 0. The third-order valence-electron chi connectivity index (χ3n) is 2.42. The Kier molecular flexibility index (Phi) is 2.96. The molecule has 3 nitrogen and oxygen atoms in total. The molecule has 1 heterocycles. The average molecular weight is 185 g/mol. The fraction of sp³-hybridized carbons (Fsp3) is 0.900. The van der Waals surface area contributed by atoms with E-state index in [0.717, 1.165) is 19.4 Å². The second kappa shape index (κ2) is 3.66. The van der Waals surface area contributed by atoms with E-state index in [-0.39, 0.29) is 6.04 Å². The van der Waals surface area contributed by atoms with Gasteiger partial charge in [-0.25, -0.2) is 0 Å². The van der Waals surface area contributed by atoms with Gasteiger partial charge in [-0.3, -0.25) is 4.79 Å². The van der Waals surface area contributed by atoms with Crippen LogP contribution in [0.5, 0.6) is 0 Å². The highest BCUT2D eigenvalue weighted by Crippen LogP contribution is 2.29. The van der Waals surface area contributed by atoms with Gasteiger partial charge in [0.2, 0.25) is 0 Å². The maximum atomic E-state index is 10.7. The summed E-state index contributed by atoms with van der Waals surface area (Å²) < 4.78 is 0. The number of hydrogen-bond donors (Lipinski definition) is 2. The summed E-state index contributed by atoms with van der Waals surface area (Å²) in [7, 11) is 0. The van der Waals surface area contributed by atoms with E-state index in [2.05, 4.69) is 26.1 Å². The van der Waals surface area contributed by atoms with E-state index < -0.39 is 5.97 Å². The lowest BCUT2D eigenvalue weighted by atomic mass is 9.84. The second-order valence-corrected chi connectivity index (χ2v) is 5.17. The van der Waals surface area contributed by atoms with Crippen molar-refractivity contribution in [2.75, 3.05) is 6.54 Å². The minimum absolute atomic E-state index is 0.305. The molecular weight excluding hydrogens is 166 g/mol. The Hall–Kier alpha value is -0.570. The summed E-state index contributed by atoms with van der Waals surface area (Å²) in [6.45, 7) is 7.44. The highest BCUT2D eigenvalue weighted by Gasteiger charge is 2.31. The van der Waals surface area contributed by atoms with E-state index in [0.29, 0.717) is 11.3 Å². The smallest absolute Gasteiger partial charge is 0.320 e. The summed E-state index contributed by atoms with van der Waals surface area (Å²) in [4.78, 5) is 10.7. The van der Waals surface area contributed by atoms with Gasteiger partial charge < -0.3 is 10.4 Å². The van der Waals surface area contributed by atoms with Crippen molar-refractivity contribution < 1.29 is 9.90 Å². The third kappa shape index (κ3) is 3.35. The molecular formula is C10H19NO2. The molecule has 0 radical (unpaired) electrons. The predicted octanol–water partition coefficient (Wildman–Crippen LogP) is 1.49. The van der Waals surface area contributed by atoms with Gasteiger partial charge in [-0.1, -0.05) is 20.8 Å². The maximum absolute atomic E-state index is 10.7. The van der Waals surface area contributed by atoms with Crippen LogP contribution in [0.3, 0.4) is 0 Å². The molecule has 0 aromatic rings. The summed E-state index contributed by atoms with van der Waals surface area (Å²) in [6.07, 6.45) is 1.89. The predicted molar refractivity (Wildman–Crippen MR) is 51.6 cm³/mol. The van der Waals surface area contributed by atoms with Crippen molar-refractivity contribution in [1.82, 2.24) is 5.32 Å². The maximum Gasteiger partial charge on any atom is 0.320 e. The highest BCUT2D eigenvalue weighted by atomic mass is 16.4. The molecule has 2 atom stereocenters. The number of hydrogen-bond acceptors (Lipinski definition) is 2. The minimum atomic E-state index is -0.712. The summed E-state index contributed by atoms with van der Waals surface area (Å²) in [5.74, 6) is -0.183. The van der Waals surface area contributed by atoms with Gasteiger partial charge in [0.15, 0.2) is 0 Å². The van der Waals surface area contributed by atoms with Crippen LogP contribution >= 0.6 is 0 Å². The molecule has 0 saturated carbocycles. The fourth-order valence-electron chi connectivity index (χ4n) is 2.02. The van der Waals surface area contributed by atoms with E-state index >= 15 is 0 Å². The molecule has 0 bridgehead atoms. The lowest BCUT2D eigenvalue weighted by Crippen LogP contribution is -2.29. The fourth-order valence-corrected chi connectivity index (χ4v) is 2.02.